The highest BCUT2D eigenvalue weighted by Crippen LogP contribution is 2.12. The molecule has 0 aliphatic carbocycles. The summed E-state index contributed by atoms with van der Waals surface area (Å²) in [5, 5.41) is 0. The summed E-state index contributed by atoms with van der Waals surface area (Å²) in [6, 6.07) is 3.97. The Kier molecular flexibility index (Phi) is 7.34. The molecule has 3 nitrogen and oxygen atoms in total. The zero-order chi connectivity index (χ0) is 17.2. The van der Waals surface area contributed by atoms with Crippen LogP contribution in [0, 0.1) is 0 Å². The molecule has 24 heavy (non-hydrogen) atoms. The predicted octanol–water partition coefficient (Wildman–Crippen LogP) is 5.68. The zero-order valence-electron chi connectivity index (χ0n) is 14.6. The Hall–Kier alpha value is -2.29. The Morgan fingerprint density at radius 1 is 0.875 bits per heavy atom. The largest absolute Gasteiger partial charge is 0.472 e. The number of ketones is 1. The molecular formula is C21H26O3. The highest BCUT2D eigenvalue weighted by atomic mass is 16.3. The molecule has 0 amide bonds. The maximum absolute atomic E-state index is 12.1. The summed E-state index contributed by atoms with van der Waals surface area (Å²) in [5.41, 5.74) is 4.68. The fraction of sp³-hybridized carbons (Fsp3) is 0.381. The van der Waals surface area contributed by atoms with Gasteiger partial charge in [-0.25, -0.2) is 0 Å². The number of aryl methyl sites for hydroxylation is 2. The number of hydrogen-bond donors (Lipinski definition) is 0. The van der Waals surface area contributed by atoms with E-state index in [0.717, 1.165) is 49.7 Å². The van der Waals surface area contributed by atoms with Crippen molar-refractivity contribution in [1.29, 1.82) is 0 Å². The van der Waals surface area contributed by atoms with Gasteiger partial charge in [0.25, 0.3) is 0 Å². The number of carbonyl (C=O) groups excluding carboxylic acids is 1. The van der Waals surface area contributed by atoms with Gasteiger partial charge in [0.05, 0.1) is 25.1 Å². The van der Waals surface area contributed by atoms with E-state index >= 15 is 0 Å². The van der Waals surface area contributed by atoms with E-state index in [1.54, 1.807) is 37.2 Å². The van der Waals surface area contributed by atoms with Crippen molar-refractivity contribution in [2.75, 3.05) is 0 Å². The third-order valence-electron chi connectivity index (χ3n) is 4.01. The summed E-state index contributed by atoms with van der Waals surface area (Å²) in [6.45, 7) is 4.05. The molecule has 0 fully saturated rings. The van der Waals surface area contributed by atoms with Crippen LogP contribution in [-0.2, 0) is 17.6 Å². The van der Waals surface area contributed by atoms with Gasteiger partial charge in [0.15, 0.2) is 5.78 Å². The number of carbonyl (C=O) groups is 1. The molecule has 0 atom stereocenters. The van der Waals surface area contributed by atoms with Crippen LogP contribution in [0.2, 0.25) is 0 Å². The molecule has 0 saturated heterocycles. The number of hydrogen-bond acceptors (Lipinski definition) is 3. The van der Waals surface area contributed by atoms with Crippen LogP contribution >= 0.6 is 0 Å². The van der Waals surface area contributed by atoms with Crippen molar-refractivity contribution >= 4 is 5.78 Å². The van der Waals surface area contributed by atoms with Gasteiger partial charge >= 0.3 is 0 Å². The Morgan fingerprint density at radius 3 is 1.71 bits per heavy atom. The van der Waals surface area contributed by atoms with Gasteiger partial charge in [-0.3, -0.25) is 4.79 Å². The summed E-state index contributed by atoms with van der Waals surface area (Å²) < 4.78 is 10.1. The maximum atomic E-state index is 12.1. The topological polar surface area (TPSA) is 43.4 Å². The van der Waals surface area contributed by atoms with E-state index in [4.69, 9.17) is 8.83 Å². The third kappa shape index (κ3) is 6.86. The van der Waals surface area contributed by atoms with E-state index in [0.29, 0.717) is 0 Å². The molecule has 0 spiro atoms. The summed E-state index contributed by atoms with van der Waals surface area (Å²) >= 11 is 0. The first-order valence-electron chi connectivity index (χ1n) is 8.54. The van der Waals surface area contributed by atoms with Gasteiger partial charge in [-0.1, -0.05) is 11.1 Å². The highest BCUT2D eigenvalue weighted by molar-refractivity contribution is 6.00. The van der Waals surface area contributed by atoms with Crippen LogP contribution in [0.1, 0.15) is 50.7 Å². The smallest absolute Gasteiger partial charge is 0.178 e. The van der Waals surface area contributed by atoms with Crippen molar-refractivity contribution in [3.8, 4) is 0 Å². The van der Waals surface area contributed by atoms with E-state index in [-0.39, 0.29) is 5.78 Å². The van der Waals surface area contributed by atoms with Crippen molar-refractivity contribution in [3.05, 3.63) is 71.6 Å². The van der Waals surface area contributed by atoms with E-state index in [9.17, 15) is 4.79 Å². The Balaban J connectivity index is 1.68. The molecule has 0 aliphatic rings. The Bertz CT molecular complexity index is 600. The first kappa shape index (κ1) is 18.1. The van der Waals surface area contributed by atoms with Crippen LogP contribution < -0.4 is 0 Å². The SMILES string of the molecule is C/C(=C\C(=O)/C=C(\C)CCCc1ccoc1)CCCc1ccoc1. The minimum atomic E-state index is 0.0941. The minimum Gasteiger partial charge on any atom is -0.472 e. The van der Waals surface area contributed by atoms with Gasteiger partial charge in [-0.2, -0.15) is 0 Å². The first-order valence-corrected chi connectivity index (χ1v) is 8.54. The van der Waals surface area contributed by atoms with Crippen LogP contribution in [0.15, 0.2) is 69.3 Å². The van der Waals surface area contributed by atoms with Crippen LogP contribution in [0.4, 0.5) is 0 Å². The third-order valence-corrected chi connectivity index (χ3v) is 4.01. The Labute approximate surface area is 144 Å². The normalized spacial score (nSPS) is 12.6. The number of furan rings is 2. The van der Waals surface area contributed by atoms with E-state index in [2.05, 4.69) is 0 Å². The molecule has 2 aromatic heterocycles. The summed E-state index contributed by atoms with van der Waals surface area (Å²) in [7, 11) is 0. The van der Waals surface area contributed by atoms with Crippen LogP contribution in [0.5, 0.6) is 0 Å². The van der Waals surface area contributed by atoms with Gasteiger partial charge in [0.2, 0.25) is 0 Å². The summed E-state index contributed by atoms with van der Waals surface area (Å²) in [6.07, 6.45) is 16.4. The van der Waals surface area contributed by atoms with Gasteiger partial charge < -0.3 is 8.83 Å². The molecule has 0 radical (unpaired) electrons. The van der Waals surface area contributed by atoms with Crippen molar-refractivity contribution in [1.82, 2.24) is 0 Å². The zero-order valence-corrected chi connectivity index (χ0v) is 14.6. The quantitative estimate of drug-likeness (QED) is 0.527. The molecule has 2 aromatic rings. The van der Waals surface area contributed by atoms with E-state index < -0.39 is 0 Å². The second-order valence-corrected chi connectivity index (χ2v) is 6.35. The van der Waals surface area contributed by atoms with Crippen LogP contribution in [0.25, 0.3) is 0 Å². The van der Waals surface area contributed by atoms with E-state index in [1.807, 2.05) is 26.0 Å². The first-order chi connectivity index (χ1) is 11.6. The Morgan fingerprint density at radius 2 is 1.33 bits per heavy atom. The van der Waals surface area contributed by atoms with Gasteiger partial charge in [-0.05, 0) is 87.8 Å². The van der Waals surface area contributed by atoms with Crippen LogP contribution in [0.3, 0.4) is 0 Å². The second-order valence-electron chi connectivity index (χ2n) is 6.35. The van der Waals surface area contributed by atoms with Gasteiger partial charge in [-0.15, -0.1) is 0 Å². The average molecular weight is 326 g/mol. The lowest BCUT2D eigenvalue weighted by Crippen LogP contribution is -1.93. The molecule has 2 rings (SSSR count). The monoisotopic (exact) mass is 326 g/mol. The summed E-state index contributed by atoms with van der Waals surface area (Å²) in [5.74, 6) is 0.0941. The van der Waals surface area contributed by atoms with Crippen molar-refractivity contribution in [2.24, 2.45) is 0 Å². The lowest BCUT2D eigenvalue weighted by Gasteiger charge is -2.01. The predicted molar refractivity (Wildman–Crippen MR) is 95.8 cm³/mol. The van der Waals surface area contributed by atoms with Gasteiger partial charge in [0.1, 0.15) is 0 Å². The maximum Gasteiger partial charge on any atom is 0.178 e. The standard InChI is InChI=1S/C21H26O3/c1-17(5-3-7-19-9-11-23-15-19)13-21(22)14-18(2)6-4-8-20-10-12-24-16-20/h9-16H,3-8H2,1-2H3/b17-13+,18-14+. The molecule has 0 unspecified atom stereocenters. The highest BCUT2D eigenvalue weighted by Gasteiger charge is 2.00. The number of rotatable bonds is 10. The van der Waals surface area contributed by atoms with Crippen molar-refractivity contribution in [2.45, 2.75) is 52.4 Å². The lowest BCUT2D eigenvalue weighted by atomic mass is 10.0. The molecule has 0 saturated carbocycles. The molecule has 2 heterocycles. The molecule has 0 aromatic carbocycles. The van der Waals surface area contributed by atoms with Crippen molar-refractivity contribution < 1.29 is 13.6 Å². The molecule has 0 N–H and O–H groups in total. The molecular weight excluding hydrogens is 300 g/mol. The van der Waals surface area contributed by atoms with Gasteiger partial charge in [0, 0.05) is 0 Å². The van der Waals surface area contributed by atoms with Crippen molar-refractivity contribution in [3.63, 3.8) is 0 Å². The fourth-order valence-corrected chi connectivity index (χ4v) is 2.68. The van der Waals surface area contributed by atoms with E-state index in [1.165, 1.54) is 11.1 Å². The average Bonchev–Trinajstić information content (AvgIpc) is 3.20. The second kappa shape index (κ2) is 9.76. The summed E-state index contributed by atoms with van der Waals surface area (Å²) in [4.78, 5) is 12.1. The minimum absolute atomic E-state index is 0.0941. The van der Waals surface area contributed by atoms with Crippen LogP contribution in [-0.4, -0.2) is 5.78 Å². The number of allylic oxidation sites excluding steroid dienone is 4. The molecule has 3 heteroatoms. The molecule has 128 valence electrons. The lowest BCUT2D eigenvalue weighted by molar-refractivity contribution is -0.110. The molecule has 0 aliphatic heterocycles. The fourth-order valence-electron chi connectivity index (χ4n) is 2.68. The molecule has 0 bridgehead atoms.